The van der Waals surface area contributed by atoms with Gasteiger partial charge in [-0.05, 0) is 31.7 Å². The van der Waals surface area contributed by atoms with E-state index in [1.54, 1.807) is 0 Å². The van der Waals surface area contributed by atoms with E-state index in [9.17, 15) is 0 Å². The predicted octanol–water partition coefficient (Wildman–Crippen LogP) is 3.59. The summed E-state index contributed by atoms with van der Waals surface area (Å²) in [4.78, 5) is 1.43. The molecule has 2 atom stereocenters. The van der Waals surface area contributed by atoms with Crippen LogP contribution >= 0.6 is 11.3 Å². The van der Waals surface area contributed by atoms with Gasteiger partial charge in [-0.25, -0.2) is 0 Å². The van der Waals surface area contributed by atoms with E-state index >= 15 is 0 Å². The molecule has 1 unspecified atom stereocenters. The lowest BCUT2D eigenvalue weighted by Crippen LogP contribution is -2.28. The van der Waals surface area contributed by atoms with Crippen LogP contribution in [0.5, 0.6) is 0 Å². The third-order valence-electron chi connectivity index (χ3n) is 2.23. The van der Waals surface area contributed by atoms with E-state index in [2.05, 4.69) is 43.6 Å². The molecule has 0 fully saturated rings. The summed E-state index contributed by atoms with van der Waals surface area (Å²) in [5.74, 6) is 0. The molecule has 74 valence electrons. The number of nitrogens with one attached hydrogen (secondary N) is 1. The van der Waals surface area contributed by atoms with Gasteiger partial charge in [-0.15, -0.1) is 11.3 Å². The van der Waals surface area contributed by atoms with E-state index in [1.807, 2.05) is 11.3 Å². The van der Waals surface area contributed by atoms with Crippen molar-refractivity contribution in [1.82, 2.24) is 5.32 Å². The van der Waals surface area contributed by atoms with Gasteiger partial charge in [-0.2, -0.15) is 0 Å². The molecule has 2 heteroatoms. The van der Waals surface area contributed by atoms with Gasteiger partial charge in [-0.3, -0.25) is 0 Å². The van der Waals surface area contributed by atoms with Gasteiger partial charge in [0, 0.05) is 17.0 Å². The molecule has 0 aliphatic carbocycles. The lowest BCUT2D eigenvalue weighted by Gasteiger charge is -2.18. The summed E-state index contributed by atoms with van der Waals surface area (Å²) >= 11 is 1.83. The summed E-state index contributed by atoms with van der Waals surface area (Å²) in [6.45, 7) is 6.72. The predicted molar refractivity (Wildman–Crippen MR) is 60.2 cm³/mol. The second kappa shape index (κ2) is 5.40. The highest BCUT2D eigenvalue weighted by atomic mass is 32.1. The molecule has 0 radical (unpaired) electrons. The Bertz CT molecular complexity index is 218. The fourth-order valence-electron chi connectivity index (χ4n) is 1.56. The molecule has 0 spiro atoms. The molecule has 1 N–H and O–H groups in total. The minimum Gasteiger partial charge on any atom is -0.307 e. The number of thiophene rings is 1. The van der Waals surface area contributed by atoms with Crippen LogP contribution in [0.4, 0.5) is 0 Å². The van der Waals surface area contributed by atoms with Crippen LogP contribution in [-0.2, 0) is 0 Å². The summed E-state index contributed by atoms with van der Waals surface area (Å²) in [7, 11) is 0. The van der Waals surface area contributed by atoms with Crippen LogP contribution in [0.3, 0.4) is 0 Å². The van der Waals surface area contributed by atoms with Gasteiger partial charge < -0.3 is 5.32 Å². The molecule has 0 saturated carbocycles. The molecule has 0 aliphatic heterocycles. The van der Waals surface area contributed by atoms with E-state index in [-0.39, 0.29) is 0 Å². The van der Waals surface area contributed by atoms with Crippen molar-refractivity contribution < 1.29 is 0 Å². The second-order valence-corrected chi connectivity index (χ2v) is 4.57. The fraction of sp³-hybridized carbons (Fsp3) is 0.636. The first kappa shape index (κ1) is 10.7. The summed E-state index contributed by atoms with van der Waals surface area (Å²) in [5.41, 5.74) is 0. The van der Waals surface area contributed by atoms with Gasteiger partial charge in [0.05, 0.1) is 0 Å². The highest BCUT2D eigenvalue weighted by Crippen LogP contribution is 2.18. The van der Waals surface area contributed by atoms with Crippen molar-refractivity contribution in [2.75, 3.05) is 0 Å². The van der Waals surface area contributed by atoms with Crippen LogP contribution < -0.4 is 5.32 Å². The highest BCUT2D eigenvalue weighted by molar-refractivity contribution is 7.10. The van der Waals surface area contributed by atoms with Gasteiger partial charge in [0.25, 0.3) is 0 Å². The largest absolute Gasteiger partial charge is 0.307 e. The zero-order valence-corrected chi connectivity index (χ0v) is 9.53. The van der Waals surface area contributed by atoms with Crippen LogP contribution in [-0.4, -0.2) is 6.04 Å². The molecule has 0 aromatic carbocycles. The standard InChI is InChI=1S/C11H19NS/c1-4-6-9(2)12-10(3)11-7-5-8-13-11/h5,7-10,12H,4,6H2,1-3H3/t9?,10-/m1/s1. The number of hydrogen-bond donors (Lipinski definition) is 1. The minimum atomic E-state index is 0.501. The third kappa shape index (κ3) is 3.49. The Labute approximate surface area is 85.2 Å². The van der Waals surface area contributed by atoms with Gasteiger partial charge >= 0.3 is 0 Å². The Balaban J connectivity index is 2.37. The first-order chi connectivity index (χ1) is 6.24. The molecule has 1 aromatic rings. The molecule has 0 saturated heterocycles. The molecule has 1 aromatic heterocycles. The lowest BCUT2D eigenvalue weighted by molar-refractivity contribution is 0.456. The monoisotopic (exact) mass is 197 g/mol. The van der Waals surface area contributed by atoms with Crippen molar-refractivity contribution in [3.8, 4) is 0 Å². The summed E-state index contributed by atoms with van der Waals surface area (Å²) in [6.07, 6.45) is 2.51. The van der Waals surface area contributed by atoms with Crippen LogP contribution in [0.25, 0.3) is 0 Å². The van der Waals surface area contributed by atoms with Gasteiger partial charge in [-0.1, -0.05) is 19.4 Å². The van der Waals surface area contributed by atoms with E-state index in [4.69, 9.17) is 0 Å². The first-order valence-electron chi connectivity index (χ1n) is 5.03. The highest BCUT2D eigenvalue weighted by Gasteiger charge is 2.08. The van der Waals surface area contributed by atoms with Gasteiger partial charge in [0.1, 0.15) is 0 Å². The maximum absolute atomic E-state index is 3.59. The average Bonchev–Trinajstić information content (AvgIpc) is 2.55. The van der Waals surface area contributed by atoms with Crippen molar-refractivity contribution >= 4 is 11.3 Å². The molecule has 1 heterocycles. The molecular weight excluding hydrogens is 178 g/mol. The second-order valence-electron chi connectivity index (χ2n) is 3.59. The van der Waals surface area contributed by atoms with Crippen LogP contribution in [0, 0.1) is 0 Å². The van der Waals surface area contributed by atoms with Crippen molar-refractivity contribution in [2.45, 2.75) is 45.7 Å². The van der Waals surface area contributed by atoms with Crippen molar-refractivity contribution in [2.24, 2.45) is 0 Å². The Morgan fingerprint density at radius 1 is 1.46 bits per heavy atom. The molecule has 0 amide bonds. The van der Waals surface area contributed by atoms with Gasteiger partial charge in [0.15, 0.2) is 0 Å². The summed E-state index contributed by atoms with van der Waals surface area (Å²) in [6, 6.07) is 5.44. The SMILES string of the molecule is CCCC(C)N[C@H](C)c1cccs1. The Morgan fingerprint density at radius 3 is 2.77 bits per heavy atom. The molecule has 1 nitrogen and oxygen atoms in total. The van der Waals surface area contributed by atoms with E-state index in [0.29, 0.717) is 12.1 Å². The van der Waals surface area contributed by atoms with Crippen LogP contribution in [0.15, 0.2) is 17.5 Å². The molecule has 1 rings (SSSR count). The van der Waals surface area contributed by atoms with Crippen molar-refractivity contribution in [3.05, 3.63) is 22.4 Å². The summed E-state index contributed by atoms with van der Waals surface area (Å²) in [5, 5.41) is 5.73. The fourth-order valence-corrected chi connectivity index (χ4v) is 2.31. The van der Waals surface area contributed by atoms with Crippen LogP contribution in [0.2, 0.25) is 0 Å². The molecular formula is C11H19NS. The maximum Gasteiger partial charge on any atom is 0.0388 e. The molecule has 13 heavy (non-hydrogen) atoms. The van der Waals surface area contributed by atoms with E-state index in [0.717, 1.165) is 0 Å². The minimum absolute atomic E-state index is 0.501. The van der Waals surface area contributed by atoms with Crippen molar-refractivity contribution in [1.29, 1.82) is 0 Å². The maximum atomic E-state index is 3.59. The zero-order chi connectivity index (χ0) is 9.68. The lowest BCUT2D eigenvalue weighted by atomic mass is 10.1. The normalized spacial score (nSPS) is 15.6. The Kier molecular flexibility index (Phi) is 4.46. The quantitative estimate of drug-likeness (QED) is 0.760. The zero-order valence-electron chi connectivity index (χ0n) is 8.71. The van der Waals surface area contributed by atoms with E-state index in [1.165, 1.54) is 17.7 Å². The first-order valence-corrected chi connectivity index (χ1v) is 5.91. The van der Waals surface area contributed by atoms with Gasteiger partial charge in [0.2, 0.25) is 0 Å². The van der Waals surface area contributed by atoms with E-state index < -0.39 is 0 Å². The molecule has 0 aliphatic rings. The Morgan fingerprint density at radius 2 is 2.23 bits per heavy atom. The van der Waals surface area contributed by atoms with Crippen LogP contribution in [0.1, 0.15) is 44.5 Å². The third-order valence-corrected chi connectivity index (χ3v) is 3.28. The Hall–Kier alpha value is -0.340. The summed E-state index contributed by atoms with van der Waals surface area (Å²) < 4.78 is 0. The number of rotatable bonds is 5. The number of hydrogen-bond acceptors (Lipinski definition) is 2. The molecule has 0 bridgehead atoms. The topological polar surface area (TPSA) is 12.0 Å². The smallest absolute Gasteiger partial charge is 0.0388 e. The average molecular weight is 197 g/mol. The van der Waals surface area contributed by atoms with Crippen molar-refractivity contribution in [3.63, 3.8) is 0 Å².